The van der Waals surface area contributed by atoms with Gasteiger partial charge in [0, 0.05) is 6.42 Å². The van der Waals surface area contributed by atoms with E-state index in [2.05, 4.69) is 13.8 Å². The number of halogens is 2. The summed E-state index contributed by atoms with van der Waals surface area (Å²) < 4.78 is 34.4. The molecule has 0 atom stereocenters. The number of ether oxygens (including phenoxy) is 1. The molecule has 0 N–H and O–H groups in total. The number of hydrogen-bond acceptors (Lipinski definition) is 2. The molecule has 0 unspecified atom stereocenters. The number of Topliss-reactive ketones (excluding diaryl/α,β-unsaturated/α-hetero) is 1. The van der Waals surface area contributed by atoms with Gasteiger partial charge in [-0.2, -0.15) is 4.39 Å². The first kappa shape index (κ1) is 25.8. The molecule has 1 aliphatic rings. The SMILES string of the molecule is CCCCCCCCOc1ccc(C(=O)C[C@H]2CC[C@H](CCCCC)CC2)c(F)c1F. The molecule has 0 bridgehead atoms. The van der Waals surface area contributed by atoms with E-state index in [0.717, 1.165) is 50.9 Å². The van der Waals surface area contributed by atoms with Gasteiger partial charge in [0.2, 0.25) is 5.82 Å². The van der Waals surface area contributed by atoms with E-state index in [4.69, 9.17) is 4.74 Å². The second-order valence-electron chi connectivity index (χ2n) is 9.37. The standard InChI is InChI=1S/C27H42F2O2/c1-3-5-7-8-9-11-19-31-25-18-17-23(26(28)27(25)29)24(30)20-22-15-13-21(14-16-22)12-10-6-4-2/h17-18,21-22H,3-16,19-20H2,1-2H3/t21-,22-. The lowest BCUT2D eigenvalue weighted by molar-refractivity contribution is 0.0936. The number of rotatable bonds is 15. The van der Waals surface area contributed by atoms with Crippen LogP contribution in [0, 0.1) is 23.5 Å². The normalized spacial score (nSPS) is 18.8. The van der Waals surface area contributed by atoms with Crippen LogP contribution >= 0.6 is 0 Å². The molecule has 1 aromatic rings. The second kappa shape index (κ2) is 14.6. The summed E-state index contributed by atoms with van der Waals surface area (Å²) in [6.07, 6.45) is 16.4. The Kier molecular flexibility index (Phi) is 12.1. The van der Waals surface area contributed by atoms with E-state index in [1.165, 1.54) is 57.1 Å². The highest BCUT2D eigenvalue weighted by Gasteiger charge is 2.26. The molecule has 0 radical (unpaired) electrons. The van der Waals surface area contributed by atoms with Gasteiger partial charge in [0.25, 0.3) is 0 Å². The summed E-state index contributed by atoms with van der Waals surface area (Å²) in [6, 6.07) is 2.81. The van der Waals surface area contributed by atoms with E-state index in [-0.39, 0.29) is 17.1 Å². The van der Waals surface area contributed by atoms with Gasteiger partial charge in [-0.25, -0.2) is 4.39 Å². The molecule has 1 aliphatic carbocycles. The van der Waals surface area contributed by atoms with Crippen LogP contribution in [0.1, 0.15) is 121 Å². The van der Waals surface area contributed by atoms with Crippen LogP contribution in [0.3, 0.4) is 0 Å². The zero-order valence-corrected chi connectivity index (χ0v) is 19.7. The molecular weight excluding hydrogens is 394 g/mol. The molecular formula is C27H42F2O2. The van der Waals surface area contributed by atoms with Gasteiger partial charge in [-0.15, -0.1) is 0 Å². The van der Waals surface area contributed by atoms with Crippen LogP contribution in [-0.4, -0.2) is 12.4 Å². The first-order chi connectivity index (χ1) is 15.1. The largest absolute Gasteiger partial charge is 0.490 e. The lowest BCUT2D eigenvalue weighted by Gasteiger charge is -2.28. The van der Waals surface area contributed by atoms with Crippen molar-refractivity contribution in [2.45, 2.75) is 110 Å². The van der Waals surface area contributed by atoms with Gasteiger partial charge >= 0.3 is 0 Å². The Morgan fingerprint density at radius 2 is 1.45 bits per heavy atom. The fraction of sp³-hybridized carbons (Fsp3) is 0.741. The highest BCUT2D eigenvalue weighted by atomic mass is 19.2. The molecule has 1 saturated carbocycles. The highest BCUT2D eigenvalue weighted by Crippen LogP contribution is 2.35. The van der Waals surface area contributed by atoms with Crippen molar-refractivity contribution in [3.05, 3.63) is 29.3 Å². The summed E-state index contributed by atoms with van der Waals surface area (Å²) in [5.74, 6) is -1.39. The van der Waals surface area contributed by atoms with E-state index in [1.807, 2.05) is 0 Å². The zero-order chi connectivity index (χ0) is 22.5. The van der Waals surface area contributed by atoms with Crippen LogP contribution in [0.15, 0.2) is 12.1 Å². The van der Waals surface area contributed by atoms with Crippen molar-refractivity contribution in [2.75, 3.05) is 6.61 Å². The fourth-order valence-corrected chi connectivity index (χ4v) is 4.70. The van der Waals surface area contributed by atoms with Crippen LogP contribution in [-0.2, 0) is 0 Å². The third kappa shape index (κ3) is 8.90. The Balaban J connectivity index is 1.77. The maximum atomic E-state index is 14.5. The van der Waals surface area contributed by atoms with Crippen LogP contribution in [0.5, 0.6) is 5.75 Å². The van der Waals surface area contributed by atoms with E-state index >= 15 is 0 Å². The quantitative estimate of drug-likeness (QED) is 0.203. The van der Waals surface area contributed by atoms with E-state index < -0.39 is 11.6 Å². The Labute approximate surface area is 188 Å². The molecule has 0 saturated heterocycles. The number of ketones is 1. The van der Waals surface area contributed by atoms with Crippen LogP contribution in [0.25, 0.3) is 0 Å². The number of unbranched alkanes of at least 4 members (excludes halogenated alkanes) is 7. The lowest BCUT2D eigenvalue weighted by Crippen LogP contribution is -2.18. The highest BCUT2D eigenvalue weighted by molar-refractivity contribution is 5.96. The van der Waals surface area contributed by atoms with Gasteiger partial charge in [0.1, 0.15) is 0 Å². The Morgan fingerprint density at radius 3 is 2.16 bits per heavy atom. The minimum Gasteiger partial charge on any atom is -0.490 e. The van der Waals surface area contributed by atoms with Gasteiger partial charge < -0.3 is 4.74 Å². The van der Waals surface area contributed by atoms with Crippen molar-refractivity contribution in [1.82, 2.24) is 0 Å². The average molecular weight is 437 g/mol. The monoisotopic (exact) mass is 436 g/mol. The molecule has 0 aliphatic heterocycles. The third-order valence-corrected chi connectivity index (χ3v) is 6.76. The smallest absolute Gasteiger partial charge is 0.201 e. The molecule has 1 fully saturated rings. The van der Waals surface area contributed by atoms with Crippen LogP contribution in [0.4, 0.5) is 8.78 Å². The van der Waals surface area contributed by atoms with Crippen molar-refractivity contribution < 1.29 is 18.3 Å². The number of benzene rings is 1. The van der Waals surface area contributed by atoms with Crippen molar-refractivity contribution in [1.29, 1.82) is 0 Å². The summed E-state index contributed by atoms with van der Waals surface area (Å²) >= 11 is 0. The Morgan fingerprint density at radius 1 is 0.839 bits per heavy atom. The summed E-state index contributed by atoms with van der Waals surface area (Å²) in [5.41, 5.74) is -0.130. The number of hydrogen-bond donors (Lipinski definition) is 0. The second-order valence-corrected chi connectivity index (χ2v) is 9.37. The van der Waals surface area contributed by atoms with Crippen molar-refractivity contribution >= 4 is 5.78 Å². The lowest BCUT2D eigenvalue weighted by atomic mass is 9.77. The fourth-order valence-electron chi connectivity index (χ4n) is 4.70. The minimum atomic E-state index is -1.06. The first-order valence-electron chi connectivity index (χ1n) is 12.7. The number of carbonyl (C=O) groups is 1. The summed E-state index contributed by atoms with van der Waals surface area (Å²) in [5, 5.41) is 0. The predicted octanol–water partition coefficient (Wildman–Crippen LogP) is 8.66. The average Bonchev–Trinajstić information content (AvgIpc) is 2.77. The topological polar surface area (TPSA) is 26.3 Å². The molecule has 2 nitrogen and oxygen atoms in total. The maximum absolute atomic E-state index is 14.5. The molecule has 0 amide bonds. The van der Waals surface area contributed by atoms with E-state index in [1.54, 1.807) is 0 Å². The van der Waals surface area contributed by atoms with Crippen molar-refractivity contribution in [3.63, 3.8) is 0 Å². The Bertz CT molecular complexity index is 651. The molecule has 2 rings (SSSR count). The molecule has 176 valence electrons. The molecule has 0 heterocycles. The summed E-state index contributed by atoms with van der Waals surface area (Å²) in [4.78, 5) is 12.6. The number of carbonyl (C=O) groups excluding carboxylic acids is 1. The van der Waals surface area contributed by atoms with Crippen LogP contribution < -0.4 is 4.74 Å². The molecule has 0 spiro atoms. The van der Waals surface area contributed by atoms with Gasteiger partial charge in [-0.3, -0.25) is 4.79 Å². The zero-order valence-electron chi connectivity index (χ0n) is 19.7. The van der Waals surface area contributed by atoms with E-state index in [9.17, 15) is 13.6 Å². The summed E-state index contributed by atoms with van der Waals surface area (Å²) in [7, 11) is 0. The molecule has 1 aromatic carbocycles. The van der Waals surface area contributed by atoms with Crippen LogP contribution in [0.2, 0.25) is 0 Å². The van der Waals surface area contributed by atoms with Crippen molar-refractivity contribution in [2.24, 2.45) is 11.8 Å². The molecule has 0 aromatic heterocycles. The predicted molar refractivity (Wildman–Crippen MR) is 124 cm³/mol. The van der Waals surface area contributed by atoms with Gasteiger partial charge in [-0.1, -0.05) is 84.5 Å². The Hall–Kier alpha value is -1.45. The third-order valence-electron chi connectivity index (χ3n) is 6.76. The molecule has 4 heteroatoms. The van der Waals surface area contributed by atoms with E-state index in [0.29, 0.717) is 18.9 Å². The van der Waals surface area contributed by atoms with Gasteiger partial charge in [0.15, 0.2) is 17.3 Å². The van der Waals surface area contributed by atoms with Gasteiger partial charge in [-0.05, 0) is 43.2 Å². The minimum absolute atomic E-state index is 0.0878. The first-order valence-corrected chi connectivity index (χ1v) is 12.7. The maximum Gasteiger partial charge on any atom is 0.201 e. The summed E-state index contributed by atoms with van der Waals surface area (Å²) in [6.45, 7) is 4.77. The molecule has 31 heavy (non-hydrogen) atoms. The van der Waals surface area contributed by atoms with Crippen molar-refractivity contribution in [3.8, 4) is 5.75 Å². The van der Waals surface area contributed by atoms with Gasteiger partial charge in [0.05, 0.1) is 12.2 Å².